The van der Waals surface area contributed by atoms with Crippen molar-refractivity contribution in [2.45, 2.75) is 44.8 Å². The van der Waals surface area contributed by atoms with Gasteiger partial charge in [-0.3, -0.25) is 14.3 Å². The van der Waals surface area contributed by atoms with Crippen LogP contribution < -0.4 is 5.56 Å². The van der Waals surface area contributed by atoms with Crippen LogP contribution in [0.4, 0.5) is 0 Å². The van der Waals surface area contributed by atoms with Crippen molar-refractivity contribution >= 4 is 10.9 Å². The van der Waals surface area contributed by atoms with Crippen LogP contribution in [-0.4, -0.2) is 26.0 Å². The fourth-order valence-corrected chi connectivity index (χ4v) is 3.99. The zero-order valence-corrected chi connectivity index (χ0v) is 14.7. The molecule has 1 aromatic carbocycles. The second-order valence-corrected chi connectivity index (χ2v) is 7.40. The topological polar surface area (TPSA) is 64.2 Å². The normalized spacial score (nSPS) is 20.8. The fraction of sp³-hybridized carbons (Fsp3) is 0.450. The second-order valence-electron chi connectivity index (χ2n) is 7.40. The number of rotatable bonds is 5. The molecule has 5 rings (SSSR count). The molecule has 6 nitrogen and oxygen atoms in total. The highest BCUT2D eigenvalue weighted by molar-refractivity contribution is 5.77. The summed E-state index contributed by atoms with van der Waals surface area (Å²) in [6.45, 7) is 2.41. The molecule has 2 aliphatic rings. The molecule has 0 amide bonds. The van der Waals surface area contributed by atoms with Crippen LogP contribution in [0.1, 0.15) is 43.4 Å². The van der Waals surface area contributed by atoms with Crippen LogP contribution in [0.2, 0.25) is 0 Å². The minimum Gasteiger partial charge on any atom is -0.448 e. The summed E-state index contributed by atoms with van der Waals surface area (Å²) in [7, 11) is 0. The lowest BCUT2D eigenvalue weighted by Crippen LogP contribution is -2.32. The predicted octanol–water partition coefficient (Wildman–Crippen LogP) is 3.13. The molecule has 1 saturated carbocycles. The van der Waals surface area contributed by atoms with E-state index in [9.17, 15) is 4.79 Å². The third-order valence-corrected chi connectivity index (χ3v) is 5.51. The smallest absolute Gasteiger partial charge is 0.261 e. The number of fused-ring (bicyclic) bond motifs is 1. The van der Waals surface area contributed by atoms with E-state index < -0.39 is 0 Å². The van der Waals surface area contributed by atoms with Gasteiger partial charge in [0.05, 0.1) is 29.7 Å². The number of hydrogen-bond acceptors (Lipinski definition) is 5. The Labute approximate surface area is 151 Å². The Morgan fingerprint density at radius 1 is 1.19 bits per heavy atom. The second kappa shape index (κ2) is 6.36. The molecular weight excluding hydrogens is 328 g/mol. The number of nitrogens with zero attached hydrogens (tertiary/aromatic N) is 4. The van der Waals surface area contributed by atoms with Gasteiger partial charge in [0.25, 0.3) is 5.56 Å². The van der Waals surface area contributed by atoms with Crippen LogP contribution in [0, 0.1) is 5.92 Å². The Kier molecular flexibility index (Phi) is 3.85. The summed E-state index contributed by atoms with van der Waals surface area (Å²) < 4.78 is 7.38. The molecular formula is C20H22N4O2. The Hall–Kier alpha value is -2.47. The van der Waals surface area contributed by atoms with Crippen molar-refractivity contribution < 1.29 is 4.42 Å². The van der Waals surface area contributed by atoms with E-state index in [-0.39, 0.29) is 11.6 Å². The van der Waals surface area contributed by atoms with Gasteiger partial charge >= 0.3 is 0 Å². The van der Waals surface area contributed by atoms with Gasteiger partial charge in [0.2, 0.25) is 5.89 Å². The third-order valence-electron chi connectivity index (χ3n) is 5.51. The number of likely N-dealkylation sites (tertiary alicyclic amines) is 1. The number of benzene rings is 1. The van der Waals surface area contributed by atoms with Gasteiger partial charge in [0.1, 0.15) is 12.1 Å². The van der Waals surface area contributed by atoms with Crippen molar-refractivity contribution in [3.63, 3.8) is 0 Å². The predicted molar refractivity (Wildman–Crippen MR) is 97.6 cm³/mol. The first-order valence-corrected chi connectivity index (χ1v) is 9.41. The van der Waals surface area contributed by atoms with Gasteiger partial charge in [-0.25, -0.2) is 9.97 Å². The summed E-state index contributed by atoms with van der Waals surface area (Å²) in [5.74, 6) is 2.24. The number of oxazole rings is 1. The molecule has 3 heterocycles. The molecule has 0 radical (unpaired) electrons. The molecule has 1 saturated heterocycles. The first-order valence-electron chi connectivity index (χ1n) is 9.41. The minimum atomic E-state index is 0.0977. The monoisotopic (exact) mass is 350 g/mol. The Balaban J connectivity index is 1.58. The highest BCUT2D eigenvalue weighted by Gasteiger charge is 2.33. The zero-order valence-electron chi connectivity index (χ0n) is 14.7. The summed E-state index contributed by atoms with van der Waals surface area (Å²) in [6, 6.07) is 7.82. The molecule has 0 bridgehead atoms. The number of para-hydroxylation sites is 1. The number of aromatic nitrogens is 3. The Bertz CT molecular complexity index is 975. The average molecular weight is 350 g/mol. The van der Waals surface area contributed by atoms with Crippen molar-refractivity contribution in [3.8, 4) is 0 Å². The van der Waals surface area contributed by atoms with E-state index in [0.717, 1.165) is 37.3 Å². The Morgan fingerprint density at radius 3 is 2.88 bits per heavy atom. The van der Waals surface area contributed by atoms with Gasteiger partial charge in [-0.1, -0.05) is 12.1 Å². The van der Waals surface area contributed by atoms with Crippen molar-refractivity contribution in [1.82, 2.24) is 19.4 Å². The quantitative estimate of drug-likeness (QED) is 0.707. The van der Waals surface area contributed by atoms with Crippen LogP contribution in [0.3, 0.4) is 0 Å². The molecule has 1 aliphatic heterocycles. The van der Waals surface area contributed by atoms with Gasteiger partial charge in [-0.05, 0) is 50.3 Å². The van der Waals surface area contributed by atoms with Crippen molar-refractivity contribution in [2.75, 3.05) is 6.54 Å². The van der Waals surface area contributed by atoms with Gasteiger partial charge in [-0.15, -0.1) is 0 Å². The van der Waals surface area contributed by atoms with E-state index in [4.69, 9.17) is 9.40 Å². The SMILES string of the molecule is O=c1c2ccccc2nc(C2CCCN2Cc2ncco2)n1CC1CC1. The molecule has 2 aromatic heterocycles. The van der Waals surface area contributed by atoms with E-state index in [1.807, 2.05) is 28.8 Å². The maximum Gasteiger partial charge on any atom is 0.261 e. The van der Waals surface area contributed by atoms with Crippen LogP contribution in [0.15, 0.2) is 45.9 Å². The van der Waals surface area contributed by atoms with E-state index in [1.54, 1.807) is 12.5 Å². The first kappa shape index (κ1) is 15.8. The standard InChI is InChI=1S/C20H22N4O2/c25-20-15-4-1-2-5-16(15)22-19(24(20)12-14-7-8-14)17-6-3-10-23(17)13-18-21-9-11-26-18/h1-2,4-5,9,11,14,17H,3,6-8,10,12-13H2. The molecule has 2 fully saturated rings. The highest BCUT2D eigenvalue weighted by atomic mass is 16.3. The molecule has 3 aromatic rings. The van der Waals surface area contributed by atoms with Crippen molar-refractivity contribution in [3.05, 3.63) is 58.8 Å². The van der Waals surface area contributed by atoms with E-state index in [0.29, 0.717) is 23.7 Å². The first-order chi connectivity index (χ1) is 12.8. The van der Waals surface area contributed by atoms with Crippen LogP contribution in [0.5, 0.6) is 0 Å². The van der Waals surface area contributed by atoms with E-state index >= 15 is 0 Å². The van der Waals surface area contributed by atoms with Crippen molar-refractivity contribution in [2.24, 2.45) is 5.92 Å². The van der Waals surface area contributed by atoms with Crippen molar-refractivity contribution in [1.29, 1.82) is 0 Å². The van der Waals surface area contributed by atoms with Gasteiger partial charge in [-0.2, -0.15) is 0 Å². The summed E-state index contributed by atoms with van der Waals surface area (Å²) in [5.41, 5.74) is 0.892. The van der Waals surface area contributed by atoms with Gasteiger partial charge < -0.3 is 4.42 Å². The molecule has 6 heteroatoms. The van der Waals surface area contributed by atoms with Gasteiger partial charge in [0, 0.05) is 6.54 Å². The third kappa shape index (κ3) is 2.84. The molecule has 1 atom stereocenters. The van der Waals surface area contributed by atoms with Gasteiger partial charge in [0.15, 0.2) is 0 Å². The number of hydrogen-bond donors (Lipinski definition) is 0. The molecule has 0 spiro atoms. The molecule has 134 valence electrons. The minimum absolute atomic E-state index is 0.0977. The van der Waals surface area contributed by atoms with Crippen LogP contribution in [-0.2, 0) is 13.1 Å². The molecule has 1 unspecified atom stereocenters. The van der Waals surface area contributed by atoms with E-state index in [2.05, 4.69) is 9.88 Å². The maximum atomic E-state index is 13.2. The van der Waals surface area contributed by atoms with E-state index in [1.165, 1.54) is 12.8 Å². The molecule has 0 N–H and O–H groups in total. The summed E-state index contributed by atoms with van der Waals surface area (Å²) >= 11 is 0. The lowest BCUT2D eigenvalue weighted by atomic mass is 10.1. The average Bonchev–Trinajstić information content (AvgIpc) is 3.13. The lowest BCUT2D eigenvalue weighted by Gasteiger charge is -2.25. The largest absolute Gasteiger partial charge is 0.448 e. The fourth-order valence-electron chi connectivity index (χ4n) is 3.99. The molecule has 1 aliphatic carbocycles. The highest BCUT2D eigenvalue weighted by Crippen LogP contribution is 2.35. The summed E-state index contributed by atoms with van der Waals surface area (Å²) in [4.78, 5) is 24.7. The van der Waals surface area contributed by atoms with Crippen LogP contribution in [0.25, 0.3) is 10.9 Å². The van der Waals surface area contributed by atoms with Crippen LogP contribution >= 0.6 is 0 Å². The summed E-state index contributed by atoms with van der Waals surface area (Å²) in [5, 5.41) is 0.717. The summed E-state index contributed by atoms with van der Waals surface area (Å²) in [6.07, 6.45) is 7.82. The lowest BCUT2D eigenvalue weighted by molar-refractivity contribution is 0.210. The Morgan fingerprint density at radius 2 is 2.08 bits per heavy atom. The molecule has 26 heavy (non-hydrogen) atoms. The maximum absolute atomic E-state index is 13.2. The zero-order chi connectivity index (χ0) is 17.5.